The maximum Gasteiger partial charge on any atom is 0.239 e. The van der Waals surface area contributed by atoms with E-state index in [4.69, 9.17) is 0 Å². The van der Waals surface area contributed by atoms with Crippen LogP contribution < -0.4 is 20.4 Å². The molecule has 0 radical (unpaired) electrons. The summed E-state index contributed by atoms with van der Waals surface area (Å²) in [5, 5.41) is 5.68. The van der Waals surface area contributed by atoms with Gasteiger partial charge in [-0.1, -0.05) is 12.1 Å². The van der Waals surface area contributed by atoms with Crippen molar-refractivity contribution in [3.8, 4) is 0 Å². The highest BCUT2D eigenvalue weighted by molar-refractivity contribution is 8.00. The van der Waals surface area contributed by atoms with Crippen molar-refractivity contribution in [1.29, 1.82) is 0 Å². The Morgan fingerprint density at radius 1 is 1.10 bits per heavy atom. The lowest BCUT2D eigenvalue weighted by molar-refractivity contribution is -0.120. The fourth-order valence-corrected chi connectivity index (χ4v) is 4.39. The maximum absolute atomic E-state index is 12.4. The molecule has 2 aromatic carbocycles. The van der Waals surface area contributed by atoms with Crippen molar-refractivity contribution >= 4 is 46.5 Å². The summed E-state index contributed by atoms with van der Waals surface area (Å²) in [5.41, 5.74) is 2.52. The van der Waals surface area contributed by atoms with Crippen LogP contribution in [0.15, 0.2) is 53.4 Å². The van der Waals surface area contributed by atoms with Crippen LogP contribution in [0.4, 0.5) is 17.1 Å². The lowest BCUT2D eigenvalue weighted by Crippen LogP contribution is -2.47. The zero-order valence-electron chi connectivity index (χ0n) is 15.9. The lowest BCUT2D eigenvalue weighted by atomic mass is 10.2. The van der Waals surface area contributed by atoms with Gasteiger partial charge in [0.1, 0.15) is 0 Å². The molecule has 1 saturated heterocycles. The molecule has 0 saturated carbocycles. The monoisotopic (exact) mass is 410 g/mol. The Kier molecular flexibility index (Phi) is 5.71. The molecule has 2 aromatic rings. The molecule has 150 valence electrons. The van der Waals surface area contributed by atoms with E-state index in [9.17, 15) is 14.4 Å². The van der Waals surface area contributed by atoms with Crippen LogP contribution in [-0.4, -0.2) is 49.7 Å². The van der Waals surface area contributed by atoms with Crippen molar-refractivity contribution in [2.75, 3.05) is 47.0 Å². The number of rotatable bonds is 5. The Morgan fingerprint density at radius 2 is 1.90 bits per heavy atom. The number of hydrogen-bond donors (Lipinski definition) is 2. The predicted octanol–water partition coefficient (Wildman–Crippen LogP) is 2.09. The summed E-state index contributed by atoms with van der Waals surface area (Å²) in [6.07, 6.45) is 0.221. The van der Waals surface area contributed by atoms with E-state index in [2.05, 4.69) is 10.6 Å². The number of nitrogens with zero attached hydrogens (tertiary/aromatic N) is 2. The fraction of sp³-hybridized carbons (Fsp3) is 0.286. The van der Waals surface area contributed by atoms with Gasteiger partial charge >= 0.3 is 0 Å². The average Bonchev–Trinajstić information content (AvgIpc) is 2.73. The van der Waals surface area contributed by atoms with Crippen molar-refractivity contribution in [1.82, 2.24) is 5.32 Å². The quantitative estimate of drug-likeness (QED) is 0.789. The first-order chi connectivity index (χ1) is 14.1. The summed E-state index contributed by atoms with van der Waals surface area (Å²) in [4.78, 5) is 40.9. The summed E-state index contributed by atoms with van der Waals surface area (Å²) >= 11 is 1.53. The molecule has 0 aromatic heterocycles. The zero-order valence-corrected chi connectivity index (χ0v) is 16.7. The summed E-state index contributed by atoms with van der Waals surface area (Å²) in [7, 11) is 0. The van der Waals surface area contributed by atoms with Gasteiger partial charge in [0, 0.05) is 42.3 Å². The highest BCUT2D eigenvalue weighted by Gasteiger charge is 2.24. The number of carbonyl (C=O) groups is 3. The number of thioether (sulfide) groups is 1. The summed E-state index contributed by atoms with van der Waals surface area (Å²) < 4.78 is 0. The van der Waals surface area contributed by atoms with Crippen LogP contribution in [0, 0.1) is 0 Å². The van der Waals surface area contributed by atoms with Gasteiger partial charge in [-0.15, -0.1) is 11.8 Å². The van der Waals surface area contributed by atoms with Crippen LogP contribution in [0.2, 0.25) is 0 Å². The van der Waals surface area contributed by atoms with E-state index in [1.54, 1.807) is 4.90 Å². The molecule has 0 spiro atoms. The van der Waals surface area contributed by atoms with Crippen molar-refractivity contribution in [2.24, 2.45) is 0 Å². The maximum atomic E-state index is 12.4. The topological polar surface area (TPSA) is 81.8 Å². The van der Waals surface area contributed by atoms with Crippen LogP contribution in [0.1, 0.15) is 6.42 Å². The lowest BCUT2D eigenvalue weighted by Gasteiger charge is -2.29. The molecule has 2 aliphatic heterocycles. The predicted molar refractivity (Wildman–Crippen MR) is 114 cm³/mol. The molecular formula is C21H22N4O3S. The first kappa shape index (κ1) is 19.3. The van der Waals surface area contributed by atoms with Gasteiger partial charge in [-0.2, -0.15) is 0 Å². The van der Waals surface area contributed by atoms with Crippen LogP contribution in [-0.2, 0) is 14.4 Å². The number of carbonyl (C=O) groups excluding carboxylic acids is 3. The molecule has 1 fully saturated rings. The number of benzene rings is 2. The molecule has 2 N–H and O–H groups in total. The van der Waals surface area contributed by atoms with Gasteiger partial charge in [0.2, 0.25) is 17.7 Å². The molecule has 2 aliphatic rings. The zero-order chi connectivity index (χ0) is 20.2. The molecule has 0 aliphatic carbocycles. The van der Waals surface area contributed by atoms with Gasteiger partial charge < -0.3 is 20.4 Å². The van der Waals surface area contributed by atoms with Gasteiger partial charge in [0.05, 0.1) is 18.0 Å². The highest BCUT2D eigenvalue weighted by Crippen LogP contribution is 2.34. The molecule has 0 atom stereocenters. The summed E-state index contributed by atoms with van der Waals surface area (Å²) in [6.45, 7) is 2.09. The Labute approximate surface area is 173 Å². The summed E-state index contributed by atoms with van der Waals surface area (Å²) in [5.74, 6) is 0.296. The molecule has 0 bridgehead atoms. The van der Waals surface area contributed by atoms with Crippen LogP contribution in [0.5, 0.6) is 0 Å². The van der Waals surface area contributed by atoms with Crippen molar-refractivity contribution < 1.29 is 14.4 Å². The minimum Gasteiger partial charge on any atom is -0.360 e. The molecule has 2 heterocycles. The SMILES string of the molecule is O=C1CN(c2ccc(NC(=O)CCN3C(=O)CSc4ccccc43)cc2)CCN1. The Balaban J connectivity index is 1.33. The van der Waals surface area contributed by atoms with E-state index in [1.807, 2.05) is 53.4 Å². The molecular weight excluding hydrogens is 388 g/mol. The second kappa shape index (κ2) is 8.57. The third-order valence-electron chi connectivity index (χ3n) is 4.93. The number of hydrogen-bond acceptors (Lipinski definition) is 5. The first-order valence-electron chi connectivity index (χ1n) is 9.54. The minimum atomic E-state index is -0.140. The van der Waals surface area contributed by atoms with E-state index >= 15 is 0 Å². The number of fused-ring (bicyclic) bond motifs is 1. The molecule has 29 heavy (non-hydrogen) atoms. The van der Waals surface area contributed by atoms with Gasteiger partial charge in [-0.05, 0) is 36.4 Å². The second-order valence-corrected chi connectivity index (χ2v) is 7.94. The third kappa shape index (κ3) is 4.54. The number of piperazine rings is 1. The third-order valence-corrected chi connectivity index (χ3v) is 5.97. The van der Waals surface area contributed by atoms with Gasteiger partial charge in [0.25, 0.3) is 0 Å². The molecule has 8 heteroatoms. The molecule has 7 nitrogen and oxygen atoms in total. The van der Waals surface area contributed by atoms with Crippen molar-refractivity contribution in [3.63, 3.8) is 0 Å². The Hall–Kier alpha value is -3.00. The first-order valence-corrected chi connectivity index (χ1v) is 10.5. The number of amides is 3. The molecule has 3 amide bonds. The second-order valence-electron chi connectivity index (χ2n) is 6.92. The standard InChI is InChI=1S/C21H22N4O3S/c26-19(9-11-25-17-3-1-2-4-18(17)29-14-21(25)28)23-15-5-7-16(8-6-15)24-12-10-22-20(27)13-24/h1-8H,9-14H2,(H,22,27)(H,23,26). The largest absolute Gasteiger partial charge is 0.360 e. The van der Waals surface area contributed by atoms with E-state index in [0.29, 0.717) is 31.1 Å². The van der Waals surface area contributed by atoms with Gasteiger partial charge in [-0.3, -0.25) is 14.4 Å². The molecule has 0 unspecified atom stereocenters. The van der Waals surface area contributed by atoms with Crippen LogP contribution >= 0.6 is 11.8 Å². The normalized spacial score (nSPS) is 16.3. The van der Waals surface area contributed by atoms with E-state index in [0.717, 1.165) is 22.8 Å². The smallest absolute Gasteiger partial charge is 0.239 e. The van der Waals surface area contributed by atoms with Crippen LogP contribution in [0.3, 0.4) is 0 Å². The highest BCUT2D eigenvalue weighted by atomic mass is 32.2. The summed E-state index contributed by atoms with van der Waals surface area (Å²) in [6, 6.07) is 15.2. The van der Waals surface area contributed by atoms with Crippen molar-refractivity contribution in [3.05, 3.63) is 48.5 Å². The Bertz CT molecular complexity index is 932. The van der Waals surface area contributed by atoms with E-state index < -0.39 is 0 Å². The van der Waals surface area contributed by atoms with Crippen molar-refractivity contribution in [2.45, 2.75) is 11.3 Å². The number of nitrogens with one attached hydrogen (secondary N) is 2. The number of para-hydroxylation sites is 1. The van der Waals surface area contributed by atoms with Gasteiger partial charge in [-0.25, -0.2) is 0 Å². The van der Waals surface area contributed by atoms with Gasteiger partial charge in [0.15, 0.2) is 0 Å². The number of anilines is 3. The fourth-order valence-electron chi connectivity index (χ4n) is 3.45. The Morgan fingerprint density at radius 3 is 2.69 bits per heavy atom. The minimum absolute atomic E-state index is 0.0147. The molecule has 4 rings (SSSR count). The van der Waals surface area contributed by atoms with E-state index in [-0.39, 0.29) is 24.1 Å². The van der Waals surface area contributed by atoms with Crippen LogP contribution in [0.25, 0.3) is 0 Å². The van der Waals surface area contributed by atoms with E-state index in [1.165, 1.54) is 11.8 Å². The average molecular weight is 410 g/mol.